The summed E-state index contributed by atoms with van der Waals surface area (Å²) < 4.78 is 25.3. The van der Waals surface area contributed by atoms with E-state index in [1.165, 1.54) is 0 Å². The van der Waals surface area contributed by atoms with Crippen LogP contribution in [-0.4, -0.2) is 44.6 Å². The Bertz CT molecular complexity index is 670. The molecule has 1 unspecified atom stereocenters. The van der Waals surface area contributed by atoms with E-state index in [0.717, 1.165) is 12.7 Å². The number of nitrogens with zero attached hydrogens (tertiary/aromatic N) is 1. The van der Waals surface area contributed by atoms with E-state index in [4.69, 9.17) is 5.73 Å². The summed E-state index contributed by atoms with van der Waals surface area (Å²) in [6.45, 7) is 5.21. The minimum absolute atomic E-state index is 0.0564. The van der Waals surface area contributed by atoms with Crippen LogP contribution in [0.5, 0.6) is 0 Å². The van der Waals surface area contributed by atoms with Crippen molar-refractivity contribution in [3.8, 4) is 0 Å². The summed E-state index contributed by atoms with van der Waals surface area (Å²) in [5, 5.41) is 0. The molecule has 3 N–H and O–H groups in total. The van der Waals surface area contributed by atoms with Gasteiger partial charge < -0.3 is 10.6 Å². The number of nitrogens with one attached hydrogen (secondary N) is 1. The Morgan fingerprint density at radius 1 is 1.36 bits per heavy atom. The van der Waals surface area contributed by atoms with Crippen LogP contribution >= 0.6 is 0 Å². The number of likely N-dealkylation sites (tertiary alicyclic amines) is 1. The maximum atomic E-state index is 12.8. The van der Waals surface area contributed by atoms with Crippen LogP contribution in [0.2, 0.25) is 0 Å². The van der Waals surface area contributed by atoms with E-state index in [9.17, 15) is 13.2 Å². The summed E-state index contributed by atoms with van der Waals surface area (Å²) in [6, 6.07) is 6.70. The average molecular weight is 325 g/mol. The quantitative estimate of drug-likeness (QED) is 0.875. The average Bonchev–Trinajstić information content (AvgIpc) is 2.40. The van der Waals surface area contributed by atoms with Crippen LogP contribution < -0.4 is 10.5 Å². The molecule has 0 bridgehead atoms. The molecule has 7 heteroatoms. The van der Waals surface area contributed by atoms with Gasteiger partial charge >= 0.3 is 0 Å². The number of piperidine rings is 1. The minimum atomic E-state index is -3.44. The first kappa shape index (κ1) is 16.8. The lowest BCUT2D eigenvalue weighted by Crippen LogP contribution is -2.54. The Kier molecular flexibility index (Phi) is 4.49. The zero-order valence-electron chi connectivity index (χ0n) is 13.2. The zero-order chi connectivity index (χ0) is 16.5. The van der Waals surface area contributed by atoms with Crippen LogP contribution in [0.15, 0.2) is 24.3 Å². The summed E-state index contributed by atoms with van der Waals surface area (Å²) in [6.07, 6.45) is 1.80. The molecule has 0 saturated carbocycles. The highest BCUT2D eigenvalue weighted by Gasteiger charge is 2.36. The normalized spacial score (nSPS) is 21.5. The van der Waals surface area contributed by atoms with Gasteiger partial charge in [-0.3, -0.25) is 9.52 Å². The standard InChI is InChI=1S/C15H23N3O3S/c1-15(2)10-18(9-8-13(15)16)14(19)11-6-4-5-7-12(11)17-22(3,20)21/h4-7,13,17H,8-10,16H2,1-3H3. The Balaban J connectivity index is 2.27. The van der Waals surface area contributed by atoms with Gasteiger partial charge in [-0.05, 0) is 24.0 Å². The highest BCUT2D eigenvalue weighted by molar-refractivity contribution is 7.92. The van der Waals surface area contributed by atoms with Crippen molar-refractivity contribution in [3.05, 3.63) is 29.8 Å². The van der Waals surface area contributed by atoms with E-state index in [2.05, 4.69) is 4.72 Å². The minimum Gasteiger partial charge on any atom is -0.338 e. The van der Waals surface area contributed by atoms with Gasteiger partial charge in [-0.15, -0.1) is 0 Å². The van der Waals surface area contributed by atoms with Gasteiger partial charge in [0.25, 0.3) is 5.91 Å². The molecule has 1 atom stereocenters. The van der Waals surface area contributed by atoms with Crippen molar-refractivity contribution in [2.45, 2.75) is 26.3 Å². The van der Waals surface area contributed by atoms with Crippen LogP contribution in [0.25, 0.3) is 0 Å². The molecule has 6 nitrogen and oxygen atoms in total. The first-order valence-corrected chi connectivity index (χ1v) is 9.11. The largest absolute Gasteiger partial charge is 0.338 e. The van der Waals surface area contributed by atoms with Crippen molar-refractivity contribution in [2.24, 2.45) is 11.1 Å². The van der Waals surface area contributed by atoms with Crippen LogP contribution in [0.1, 0.15) is 30.6 Å². The fourth-order valence-corrected chi connectivity index (χ4v) is 3.25. The number of rotatable bonds is 3. The topological polar surface area (TPSA) is 92.5 Å². The van der Waals surface area contributed by atoms with Crippen LogP contribution in [0, 0.1) is 5.41 Å². The van der Waals surface area contributed by atoms with E-state index < -0.39 is 10.0 Å². The van der Waals surface area contributed by atoms with Gasteiger partial charge in [-0.1, -0.05) is 26.0 Å². The zero-order valence-corrected chi connectivity index (χ0v) is 14.0. The molecule has 122 valence electrons. The van der Waals surface area contributed by atoms with Gasteiger partial charge in [0.05, 0.1) is 17.5 Å². The fraction of sp³-hybridized carbons (Fsp3) is 0.533. The van der Waals surface area contributed by atoms with Crippen LogP contribution in [0.3, 0.4) is 0 Å². The fourth-order valence-electron chi connectivity index (χ4n) is 2.68. The molecule has 1 aromatic carbocycles. The second kappa shape index (κ2) is 5.89. The number of carbonyl (C=O) groups is 1. The van der Waals surface area contributed by atoms with Gasteiger partial charge in [0, 0.05) is 19.1 Å². The lowest BCUT2D eigenvalue weighted by atomic mass is 9.79. The van der Waals surface area contributed by atoms with E-state index in [1.54, 1.807) is 29.2 Å². The van der Waals surface area contributed by atoms with Gasteiger partial charge in [0.15, 0.2) is 0 Å². The Morgan fingerprint density at radius 2 is 2.00 bits per heavy atom. The number of nitrogens with two attached hydrogens (primary N) is 1. The van der Waals surface area contributed by atoms with E-state index >= 15 is 0 Å². The lowest BCUT2D eigenvalue weighted by Gasteiger charge is -2.42. The maximum absolute atomic E-state index is 12.8. The molecule has 22 heavy (non-hydrogen) atoms. The number of benzene rings is 1. The molecular weight excluding hydrogens is 302 g/mol. The molecule has 1 heterocycles. The molecule has 2 rings (SSSR count). The molecule has 1 aliphatic rings. The monoisotopic (exact) mass is 325 g/mol. The lowest BCUT2D eigenvalue weighted by molar-refractivity contribution is 0.0534. The SMILES string of the molecule is CC1(C)CN(C(=O)c2ccccc2NS(C)(=O)=O)CCC1N. The highest BCUT2D eigenvalue weighted by atomic mass is 32.2. The summed E-state index contributed by atoms with van der Waals surface area (Å²) in [4.78, 5) is 14.5. The third-order valence-corrected chi connectivity index (χ3v) is 4.64. The molecule has 0 radical (unpaired) electrons. The van der Waals surface area contributed by atoms with Crippen LogP contribution in [-0.2, 0) is 10.0 Å². The van der Waals surface area contributed by atoms with Crippen molar-refractivity contribution in [1.29, 1.82) is 0 Å². The summed E-state index contributed by atoms with van der Waals surface area (Å²) in [5.74, 6) is -0.174. The third kappa shape index (κ3) is 3.78. The number of amides is 1. The predicted octanol–water partition coefficient (Wildman–Crippen LogP) is 1.26. The van der Waals surface area contributed by atoms with Crippen molar-refractivity contribution < 1.29 is 13.2 Å². The summed E-state index contributed by atoms with van der Waals surface area (Å²) in [7, 11) is -3.44. The summed E-state index contributed by atoms with van der Waals surface area (Å²) in [5.41, 5.74) is 6.61. The maximum Gasteiger partial charge on any atom is 0.256 e. The van der Waals surface area contributed by atoms with Gasteiger partial charge in [0.2, 0.25) is 10.0 Å². The number of hydrogen-bond donors (Lipinski definition) is 2. The number of para-hydroxylation sites is 1. The molecule has 1 aliphatic heterocycles. The summed E-state index contributed by atoms with van der Waals surface area (Å²) >= 11 is 0. The Morgan fingerprint density at radius 3 is 2.59 bits per heavy atom. The van der Waals surface area contributed by atoms with Crippen molar-refractivity contribution in [3.63, 3.8) is 0 Å². The molecule has 0 aliphatic carbocycles. The van der Waals surface area contributed by atoms with Crippen molar-refractivity contribution in [1.82, 2.24) is 4.90 Å². The first-order chi connectivity index (χ1) is 10.1. The van der Waals surface area contributed by atoms with E-state index in [1.807, 2.05) is 13.8 Å². The highest BCUT2D eigenvalue weighted by Crippen LogP contribution is 2.29. The molecule has 1 fully saturated rings. The third-order valence-electron chi connectivity index (χ3n) is 4.05. The molecule has 0 aromatic heterocycles. The van der Waals surface area contributed by atoms with Gasteiger partial charge in [-0.2, -0.15) is 0 Å². The molecule has 1 saturated heterocycles. The van der Waals surface area contributed by atoms with E-state index in [0.29, 0.717) is 24.3 Å². The second-order valence-electron chi connectivity index (χ2n) is 6.53. The molecule has 1 aromatic rings. The smallest absolute Gasteiger partial charge is 0.256 e. The number of sulfonamides is 1. The Labute approximate surface area is 131 Å². The first-order valence-electron chi connectivity index (χ1n) is 7.22. The number of carbonyl (C=O) groups excluding carboxylic acids is 1. The molecule has 1 amide bonds. The molecule has 0 spiro atoms. The predicted molar refractivity (Wildman–Crippen MR) is 87.2 cm³/mol. The number of hydrogen-bond acceptors (Lipinski definition) is 4. The van der Waals surface area contributed by atoms with Crippen LogP contribution in [0.4, 0.5) is 5.69 Å². The number of anilines is 1. The van der Waals surface area contributed by atoms with Gasteiger partial charge in [0.1, 0.15) is 0 Å². The van der Waals surface area contributed by atoms with E-state index in [-0.39, 0.29) is 17.4 Å². The second-order valence-corrected chi connectivity index (χ2v) is 8.28. The van der Waals surface area contributed by atoms with Gasteiger partial charge in [-0.25, -0.2) is 8.42 Å². The Hall–Kier alpha value is -1.60. The van der Waals surface area contributed by atoms with Crippen molar-refractivity contribution >= 4 is 21.6 Å². The van der Waals surface area contributed by atoms with Crippen molar-refractivity contribution in [2.75, 3.05) is 24.1 Å². The molecular formula is C15H23N3O3S.